The summed E-state index contributed by atoms with van der Waals surface area (Å²) in [6.07, 6.45) is 2.55. The number of imidazole rings is 1. The predicted molar refractivity (Wildman–Crippen MR) is 82.3 cm³/mol. The number of nitrogens with zero attached hydrogens (tertiary/aromatic N) is 3. The van der Waals surface area contributed by atoms with Crippen molar-refractivity contribution in [1.82, 2.24) is 14.5 Å². The molecule has 0 aromatic carbocycles. The van der Waals surface area contributed by atoms with Gasteiger partial charge in [-0.1, -0.05) is 13.8 Å². The van der Waals surface area contributed by atoms with Gasteiger partial charge in [-0.25, -0.2) is 9.97 Å². The van der Waals surface area contributed by atoms with Crippen LogP contribution in [0, 0.1) is 5.92 Å². The normalized spacial score (nSPS) is 13.2. The van der Waals surface area contributed by atoms with Crippen molar-refractivity contribution in [1.29, 1.82) is 0 Å². The van der Waals surface area contributed by atoms with Crippen molar-refractivity contribution in [3.8, 4) is 0 Å². The highest BCUT2D eigenvalue weighted by Gasteiger charge is 2.22. The molecular weight excluding hydrogens is 274 g/mol. The number of alkyl halides is 1. The fourth-order valence-corrected chi connectivity index (χ4v) is 2.56. The minimum absolute atomic E-state index is 0.230. The molecule has 20 heavy (non-hydrogen) atoms. The van der Waals surface area contributed by atoms with Crippen LogP contribution in [-0.2, 0) is 11.2 Å². The summed E-state index contributed by atoms with van der Waals surface area (Å²) >= 11 is 5.92. The van der Waals surface area contributed by atoms with Gasteiger partial charge in [0.05, 0.1) is 12.6 Å². The summed E-state index contributed by atoms with van der Waals surface area (Å²) in [6.45, 7) is 7.80. The van der Waals surface area contributed by atoms with Crippen molar-refractivity contribution >= 4 is 22.8 Å². The molecule has 0 aliphatic rings. The average molecular weight is 296 g/mol. The lowest BCUT2D eigenvalue weighted by molar-refractivity contribution is 0.0967. The molecule has 4 nitrogen and oxygen atoms in total. The second-order valence-electron chi connectivity index (χ2n) is 5.15. The van der Waals surface area contributed by atoms with Crippen LogP contribution in [0.3, 0.4) is 0 Å². The molecule has 0 saturated carbocycles. The van der Waals surface area contributed by atoms with Gasteiger partial charge in [-0.2, -0.15) is 0 Å². The number of fused-ring (bicyclic) bond motifs is 1. The molecule has 110 valence electrons. The van der Waals surface area contributed by atoms with Gasteiger partial charge < -0.3 is 9.30 Å². The van der Waals surface area contributed by atoms with Crippen LogP contribution in [0.1, 0.15) is 32.6 Å². The van der Waals surface area contributed by atoms with Crippen LogP contribution < -0.4 is 0 Å². The van der Waals surface area contributed by atoms with E-state index in [1.165, 1.54) is 0 Å². The fraction of sp³-hybridized carbons (Fsp3) is 0.600. The minimum atomic E-state index is 0.230. The molecule has 5 heteroatoms. The Bertz CT molecular complexity index is 553. The van der Waals surface area contributed by atoms with Gasteiger partial charge >= 0.3 is 0 Å². The summed E-state index contributed by atoms with van der Waals surface area (Å²) in [7, 11) is 0. The lowest BCUT2D eigenvalue weighted by Gasteiger charge is -2.24. The van der Waals surface area contributed by atoms with Crippen molar-refractivity contribution in [2.45, 2.75) is 33.2 Å². The van der Waals surface area contributed by atoms with E-state index in [2.05, 4.69) is 28.4 Å². The molecule has 2 aromatic heterocycles. The van der Waals surface area contributed by atoms with Gasteiger partial charge in [0, 0.05) is 25.1 Å². The Morgan fingerprint density at radius 2 is 2.20 bits per heavy atom. The molecule has 0 saturated heterocycles. The van der Waals surface area contributed by atoms with Crippen LogP contribution in [0.25, 0.3) is 11.2 Å². The highest BCUT2D eigenvalue weighted by atomic mass is 35.5. The first-order chi connectivity index (χ1) is 9.69. The monoisotopic (exact) mass is 295 g/mol. The highest BCUT2D eigenvalue weighted by Crippen LogP contribution is 2.26. The van der Waals surface area contributed by atoms with Crippen molar-refractivity contribution in [2.24, 2.45) is 5.92 Å². The molecule has 0 radical (unpaired) electrons. The first-order valence-corrected chi connectivity index (χ1v) is 7.68. The second kappa shape index (κ2) is 7.04. The highest BCUT2D eigenvalue weighted by molar-refractivity contribution is 6.17. The lowest BCUT2D eigenvalue weighted by Crippen LogP contribution is -2.23. The van der Waals surface area contributed by atoms with E-state index in [4.69, 9.17) is 16.3 Å². The van der Waals surface area contributed by atoms with Crippen molar-refractivity contribution in [3.05, 3.63) is 24.2 Å². The maximum absolute atomic E-state index is 5.92. The predicted octanol–water partition coefficient (Wildman–Crippen LogP) is 3.45. The van der Waals surface area contributed by atoms with Gasteiger partial charge in [0.2, 0.25) is 0 Å². The lowest BCUT2D eigenvalue weighted by atomic mass is 10.0. The average Bonchev–Trinajstić information content (AvgIpc) is 2.78. The number of rotatable bonds is 7. The van der Waals surface area contributed by atoms with Gasteiger partial charge in [0.1, 0.15) is 11.3 Å². The van der Waals surface area contributed by atoms with Crippen LogP contribution in [0.15, 0.2) is 18.3 Å². The van der Waals surface area contributed by atoms with E-state index in [0.29, 0.717) is 25.0 Å². The number of halogens is 1. The summed E-state index contributed by atoms with van der Waals surface area (Å²) < 4.78 is 7.86. The topological polar surface area (TPSA) is 39.9 Å². The van der Waals surface area contributed by atoms with Crippen molar-refractivity contribution < 1.29 is 4.74 Å². The summed E-state index contributed by atoms with van der Waals surface area (Å²) in [5.41, 5.74) is 1.85. The Kier molecular flexibility index (Phi) is 5.38. The van der Waals surface area contributed by atoms with Crippen LogP contribution in [0.2, 0.25) is 0 Å². The summed E-state index contributed by atoms with van der Waals surface area (Å²) in [4.78, 5) is 9.17. The maximum atomic E-state index is 5.92. The van der Waals surface area contributed by atoms with Crippen LogP contribution >= 0.6 is 11.6 Å². The van der Waals surface area contributed by atoms with E-state index in [1.54, 1.807) is 0 Å². The number of ether oxygens (including phenoxy) is 1. The molecule has 0 bridgehead atoms. The molecule has 2 aromatic rings. The first kappa shape index (κ1) is 15.3. The molecule has 2 rings (SSSR count). The van der Waals surface area contributed by atoms with E-state index >= 15 is 0 Å². The second-order valence-corrected chi connectivity index (χ2v) is 5.53. The van der Waals surface area contributed by atoms with Gasteiger partial charge in [0.25, 0.3) is 0 Å². The van der Waals surface area contributed by atoms with E-state index < -0.39 is 0 Å². The van der Waals surface area contributed by atoms with Crippen LogP contribution in [0.5, 0.6) is 0 Å². The number of hydrogen-bond acceptors (Lipinski definition) is 3. The third-order valence-electron chi connectivity index (χ3n) is 3.43. The number of aromatic nitrogens is 3. The Labute approximate surface area is 125 Å². The molecule has 2 heterocycles. The third kappa shape index (κ3) is 3.13. The largest absolute Gasteiger partial charge is 0.380 e. The van der Waals surface area contributed by atoms with Crippen LogP contribution in [-0.4, -0.2) is 33.6 Å². The molecule has 1 unspecified atom stereocenters. The van der Waals surface area contributed by atoms with Gasteiger partial charge in [0.15, 0.2) is 5.65 Å². The Morgan fingerprint density at radius 3 is 2.85 bits per heavy atom. The molecule has 0 amide bonds. The van der Waals surface area contributed by atoms with Gasteiger partial charge in [-0.3, -0.25) is 0 Å². The Morgan fingerprint density at radius 1 is 1.40 bits per heavy atom. The molecule has 1 atom stereocenters. The zero-order chi connectivity index (χ0) is 14.5. The molecule has 0 N–H and O–H groups in total. The minimum Gasteiger partial charge on any atom is -0.380 e. The smallest absolute Gasteiger partial charge is 0.160 e. The van der Waals surface area contributed by atoms with Crippen LogP contribution in [0.4, 0.5) is 0 Å². The van der Waals surface area contributed by atoms with Gasteiger partial charge in [-0.05, 0) is 25.0 Å². The van der Waals surface area contributed by atoms with Crippen molar-refractivity contribution in [3.63, 3.8) is 0 Å². The summed E-state index contributed by atoms with van der Waals surface area (Å²) in [5.74, 6) is 1.99. The zero-order valence-corrected chi connectivity index (χ0v) is 13.1. The van der Waals surface area contributed by atoms with E-state index in [0.717, 1.165) is 23.4 Å². The number of aryl methyl sites for hydroxylation is 1. The SMILES string of the molecule is CCOCC(C(C)C)n1c(CCCl)nc2cccnc21. The van der Waals surface area contributed by atoms with E-state index in [1.807, 2.05) is 25.3 Å². The Hall–Kier alpha value is -1.13. The summed E-state index contributed by atoms with van der Waals surface area (Å²) in [6, 6.07) is 4.14. The third-order valence-corrected chi connectivity index (χ3v) is 3.62. The fourth-order valence-electron chi connectivity index (χ4n) is 2.39. The molecule has 0 aliphatic carbocycles. The number of hydrogen-bond donors (Lipinski definition) is 0. The van der Waals surface area contributed by atoms with Crippen molar-refractivity contribution in [2.75, 3.05) is 19.1 Å². The quantitative estimate of drug-likeness (QED) is 0.735. The molecule has 0 aliphatic heterocycles. The standard InChI is InChI=1S/C15H22ClN3O/c1-4-20-10-13(11(2)3)19-14(7-8-16)18-12-6-5-9-17-15(12)19/h5-6,9,11,13H,4,7-8,10H2,1-3H3. The maximum Gasteiger partial charge on any atom is 0.160 e. The Balaban J connectivity index is 2.49. The summed E-state index contributed by atoms with van der Waals surface area (Å²) in [5, 5.41) is 0. The first-order valence-electron chi connectivity index (χ1n) is 7.14. The van der Waals surface area contributed by atoms with E-state index in [9.17, 15) is 0 Å². The molecular formula is C15H22ClN3O. The zero-order valence-electron chi connectivity index (χ0n) is 12.3. The van der Waals surface area contributed by atoms with E-state index in [-0.39, 0.29) is 6.04 Å². The molecule has 0 fully saturated rings. The van der Waals surface area contributed by atoms with Gasteiger partial charge in [-0.15, -0.1) is 11.6 Å². The molecule has 0 spiro atoms. The number of pyridine rings is 1.